The van der Waals surface area contributed by atoms with Crippen LogP contribution in [0.5, 0.6) is 0 Å². The maximum absolute atomic E-state index is 12.9. The van der Waals surface area contributed by atoms with Gasteiger partial charge in [0, 0.05) is 0 Å². The molecule has 0 aliphatic rings. The molecule has 2 heterocycles. The summed E-state index contributed by atoms with van der Waals surface area (Å²) in [5.41, 5.74) is 1.82. The summed E-state index contributed by atoms with van der Waals surface area (Å²) in [5, 5.41) is 4.32. The van der Waals surface area contributed by atoms with Gasteiger partial charge in [0.15, 0.2) is 0 Å². The van der Waals surface area contributed by atoms with Gasteiger partial charge in [0.25, 0.3) is 11.3 Å². The summed E-state index contributed by atoms with van der Waals surface area (Å²) >= 11 is 3.59. The van der Waals surface area contributed by atoms with Crippen LogP contribution in [0.3, 0.4) is 0 Å². The van der Waals surface area contributed by atoms with Crippen molar-refractivity contribution in [1.29, 1.82) is 0 Å². The molecule has 2 aromatic heterocycles. The molecule has 1 aromatic carbocycles. The van der Waals surface area contributed by atoms with Gasteiger partial charge in [-0.05, 0) is 18.9 Å². The highest BCUT2D eigenvalue weighted by Gasteiger charge is 2.20. The first-order valence-corrected chi connectivity index (χ1v) is 8.08. The second-order valence-corrected chi connectivity index (χ2v) is 6.28. The van der Waals surface area contributed by atoms with Gasteiger partial charge in [-0.3, -0.25) is 9.36 Å². The number of hydrogen-bond acceptors (Lipinski definition) is 4. The van der Waals surface area contributed by atoms with E-state index in [4.69, 9.17) is 4.52 Å². The number of aryl methyl sites for hydroxylation is 1. The third-order valence-corrected chi connectivity index (χ3v) is 4.68. The molecule has 0 N–H and O–H groups in total. The van der Waals surface area contributed by atoms with E-state index >= 15 is 0 Å². The predicted molar refractivity (Wildman–Crippen MR) is 88.3 cm³/mol. The van der Waals surface area contributed by atoms with Gasteiger partial charge in [0.1, 0.15) is 11.2 Å². The Kier molecular flexibility index (Phi) is 4.11. The Bertz CT molecular complexity index is 855. The van der Waals surface area contributed by atoms with Gasteiger partial charge < -0.3 is 4.52 Å². The van der Waals surface area contributed by atoms with Gasteiger partial charge in [-0.25, -0.2) is 0 Å². The Morgan fingerprint density at radius 3 is 2.73 bits per heavy atom. The smallest absolute Gasteiger partial charge is 0.267 e. The molecule has 0 aliphatic carbocycles. The van der Waals surface area contributed by atoms with Gasteiger partial charge in [0.2, 0.25) is 0 Å². The van der Waals surface area contributed by atoms with Crippen LogP contribution in [-0.2, 0) is 6.54 Å². The average Bonchev–Trinajstić information content (AvgIpc) is 2.91. The first-order chi connectivity index (χ1) is 10.6. The second-order valence-electron chi connectivity index (χ2n) is 5.17. The maximum atomic E-state index is 12.9. The van der Waals surface area contributed by atoms with E-state index in [1.54, 1.807) is 11.5 Å². The summed E-state index contributed by atoms with van der Waals surface area (Å²) < 4.78 is 6.87. The molecule has 3 rings (SSSR count). The van der Waals surface area contributed by atoms with Gasteiger partial charge in [-0.2, -0.15) is 4.98 Å². The lowest BCUT2D eigenvalue weighted by molar-refractivity contribution is 0.440. The van der Waals surface area contributed by atoms with Crippen LogP contribution in [0, 0.1) is 6.92 Å². The summed E-state index contributed by atoms with van der Waals surface area (Å²) in [5.74, 6) is 0.667. The molecule has 0 unspecified atom stereocenters. The zero-order valence-corrected chi connectivity index (χ0v) is 14.0. The summed E-state index contributed by atoms with van der Waals surface area (Å²) in [6, 6.07) is 9.87. The average molecular weight is 362 g/mol. The Hall–Kier alpha value is -1.95. The van der Waals surface area contributed by atoms with Crippen molar-refractivity contribution in [2.24, 2.45) is 0 Å². The normalized spacial score (nSPS) is 12.7. The third kappa shape index (κ3) is 2.59. The van der Waals surface area contributed by atoms with Gasteiger partial charge in [0.05, 0.1) is 17.1 Å². The van der Waals surface area contributed by atoms with Gasteiger partial charge in [-0.15, -0.1) is 0 Å². The fourth-order valence-corrected chi connectivity index (χ4v) is 2.77. The Morgan fingerprint density at radius 2 is 2.05 bits per heavy atom. The van der Waals surface area contributed by atoms with Crippen molar-refractivity contribution in [2.45, 2.75) is 31.6 Å². The number of benzene rings is 1. The molecule has 0 spiro atoms. The number of rotatable bonds is 4. The molecule has 22 heavy (non-hydrogen) atoms. The summed E-state index contributed by atoms with van der Waals surface area (Å²) in [7, 11) is 0. The molecule has 0 amide bonds. The van der Waals surface area contributed by atoms with Crippen LogP contribution in [0.2, 0.25) is 0 Å². The molecule has 0 bridgehead atoms. The standard InChI is InChI=1S/C16H16BrN3O2/c1-3-12(17)14-18-15-13(10(2)19-22-15)16(21)20(14)9-11-7-5-4-6-8-11/h4-8,12H,3,9H2,1-2H3/t12-/m1/s1. The van der Waals surface area contributed by atoms with E-state index in [-0.39, 0.29) is 10.4 Å². The van der Waals surface area contributed by atoms with Crippen molar-refractivity contribution >= 4 is 27.0 Å². The Balaban J connectivity index is 2.22. The summed E-state index contributed by atoms with van der Waals surface area (Å²) in [6.45, 7) is 4.27. The molecular formula is C16H16BrN3O2. The summed E-state index contributed by atoms with van der Waals surface area (Å²) in [6.07, 6.45) is 0.819. The predicted octanol–water partition coefficient (Wildman–Crippen LogP) is 3.59. The molecule has 1 atom stereocenters. The van der Waals surface area contributed by atoms with Crippen molar-refractivity contribution in [3.05, 3.63) is 57.8 Å². The lowest BCUT2D eigenvalue weighted by Gasteiger charge is -2.15. The molecule has 0 saturated heterocycles. The van der Waals surface area contributed by atoms with Crippen molar-refractivity contribution in [1.82, 2.24) is 14.7 Å². The van der Waals surface area contributed by atoms with E-state index in [2.05, 4.69) is 26.1 Å². The molecule has 0 aliphatic heterocycles. The lowest BCUT2D eigenvalue weighted by Crippen LogP contribution is -2.26. The van der Waals surface area contributed by atoms with Crippen LogP contribution in [0.15, 0.2) is 39.6 Å². The zero-order valence-electron chi connectivity index (χ0n) is 12.4. The molecule has 0 saturated carbocycles. The number of nitrogens with zero attached hydrogens (tertiary/aromatic N) is 3. The molecular weight excluding hydrogens is 346 g/mol. The Labute approximate surface area is 136 Å². The third-order valence-electron chi connectivity index (χ3n) is 3.62. The molecule has 5 nitrogen and oxygen atoms in total. The molecule has 0 fully saturated rings. The van der Waals surface area contributed by atoms with E-state index < -0.39 is 0 Å². The molecule has 3 aromatic rings. The second kappa shape index (κ2) is 6.04. The minimum Gasteiger partial charge on any atom is -0.335 e. The minimum absolute atomic E-state index is 0.0151. The van der Waals surface area contributed by atoms with Crippen LogP contribution >= 0.6 is 15.9 Å². The first kappa shape index (κ1) is 15.0. The SMILES string of the molecule is CC[C@@H](Br)c1nc2onc(C)c2c(=O)n1Cc1ccccc1. The van der Waals surface area contributed by atoms with Crippen molar-refractivity contribution in [3.63, 3.8) is 0 Å². The highest BCUT2D eigenvalue weighted by atomic mass is 79.9. The van der Waals surface area contributed by atoms with Crippen LogP contribution < -0.4 is 5.56 Å². The largest absolute Gasteiger partial charge is 0.335 e. The van der Waals surface area contributed by atoms with Crippen molar-refractivity contribution in [3.8, 4) is 0 Å². The number of hydrogen-bond donors (Lipinski definition) is 0. The molecule has 6 heteroatoms. The van der Waals surface area contributed by atoms with E-state index in [1.165, 1.54) is 0 Å². The van der Waals surface area contributed by atoms with Crippen LogP contribution in [0.25, 0.3) is 11.1 Å². The highest BCUT2D eigenvalue weighted by Crippen LogP contribution is 2.26. The first-order valence-electron chi connectivity index (χ1n) is 7.16. The zero-order chi connectivity index (χ0) is 15.7. The number of halogens is 1. The van der Waals surface area contributed by atoms with Crippen molar-refractivity contribution in [2.75, 3.05) is 0 Å². The van der Waals surface area contributed by atoms with E-state index in [9.17, 15) is 4.79 Å². The van der Waals surface area contributed by atoms with Crippen molar-refractivity contribution < 1.29 is 4.52 Å². The molecule has 114 valence electrons. The van der Waals surface area contributed by atoms with E-state index in [0.29, 0.717) is 29.2 Å². The topological polar surface area (TPSA) is 60.9 Å². The monoisotopic (exact) mass is 361 g/mol. The van der Waals surface area contributed by atoms with Crippen LogP contribution in [-0.4, -0.2) is 14.7 Å². The fraction of sp³-hybridized carbons (Fsp3) is 0.312. The fourth-order valence-electron chi connectivity index (χ4n) is 2.42. The quantitative estimate of drug-likeness (QED) is 0.666. The van der Waals surface area contributed by atoms with Gasteiger partial charge >= 0.3 is 0 Å². The number of alkyl halides is 1. The van der Waals surface area contributed by atoms with Gasteiger partial charge in [-0.1, -0.05) is 58.3 Å². The minimum atomic E-state index is -0.111. The van der Waals surface area contributed by atoms with Crippen LogP contribution in [0.1, 0.15) is 35.3 Å². The van der Waals surface area contributed by atoms with E-state index in [1.807, 2.05) is 37.3 Å². The Morgan fingerprint density at radius 1 is 1.32 bits per heavy atom. The molecule has 0 radical (unpaired) electrons. The lowest BCUT2D eigenvalue weighted by atomic mass is 10.2. The maximum Gasteiger partial charge on any atom is 0.267 e. The van der Waals surface area contributed by atoms with Crippen LogP contribution in [0.4, 0.5) is 0 Å². The number of aromatic nitrogens is 3. The highest BCUT2D eigenvalue weighted by molar-refractivity contribution is 9.09. The summed E-state index contributed by atoms with van der Waals surface area (Å²) in [4.78, 5) is 17.4. The van der Waals surface area contributed by atoms with E-state index in [0.717, 1.165) is 12.0 Å². The number of fused-ring (bicyclic) bond motifs is 1.